The monoisotopic (exact) mass is 243 g/mol. The molecular weight excluding hydrogens is 226 g/mol. The molecule has 0 aliphatic carbocycles. The van der Waals surface area contributed by atoms with Crippen LogP contribution in [0.5, 0.6) is 0 Å². The van der Waals surface area contributed by atoms with Gasteiger partial charge in [-0.25, -0.2) is 9.97 Å². The van der Waals surface area contributed by atoms with E-state index in [9.17, 15) is 0 Å². The van der Waals surface area contributed by atoms with E-state index in [1.807, 2.05) is 16.1 Å². The van der Waals surface area contributed by atoms with E-state index < -0.39 is 0 Å². The Morgan fingerprint density at radius 1 is 1.44 bits per heavy atom. The summed E-state index contributed by atoms with van der Waals surface area (Å²) in [5, 5.41) is 0. The van der Waals surface area contributed by atoms with Gasteiger partial charge in [0, 0.05) is 13.0 Å². The van der Waals surface area contributed by atoms with Crippen molar-refractivity contribution in [1.29, 1.82) is 0 Å². The average Bonchev–Trinajstić information content (AvgIpc) is 2.95. The second-order valence-corrected chi connectivity index (χ2v) is 3.97. The highest BCUT2D eigenvalue weighted by Crippen LogP contribution is 2.26. The van der Waals surface area contributed by atoms with Gasteiger partial charge in [0.05, 0.1) is 24.8 Å². The maximum atomic E-state index is 6.14. The second-order valence-electron chi connectivity index (χ2n) is 3.97. The van der Waals surface area contributed by atoms with Crippen LogP contribution in [-0.4, -0.2) is 19.1 Å². The summed E-state index contributed by atoms with van der Waals surface area (Å²) in [6, 6.07) is 0. The number of aryl methyl sites for hydroxylation is 2. The molecule has 2 N–H and O–H groups in total. The first kappa shape index (κ1) is 12.2. The third kappa shape index (κ3) is 1.86. The first-order valence-electron chi connectivity index (χ1n) is 6.01. The summed E-state index contributed by atoms with van der Waals surface area (Å²) in [5.74, 6) is 4.13. The molecule has 2 aromatic heterocycles. The summed E-state index contributed by atoms with van der Waals surface area (Å²) in [6.45, 7) is 5.37. The fourth-order valence-corrected chi connectivity index (χ4v) is 2.01. The topological polar surface area (TPSA) is 61.7 Å². The van der Waals surface area contributed by atoms with Gasteiger partial charge in [0.2, 0.25) is 0 Å². The quantitative estimate of drug-likeness (QED) is 0.829. The number of hydrogen-bond donors (Lipinski definition) is 1. The molecule has 0 aliphatic heterocycles. The van der Waals surface area contributed by atoms with Crippen molar-refractivity contribution in [2.75, 3.05) is 5.73 Å². The van der Waals surface area contributed by atoms with Crippen molar-refractivity contribution in [2.45, 2.75) is 33.4 Å². The largest absolute Gasteiger partial charge is 0.383 e. The van der Waals surface area contributed by atoms with E-state index in [2.05, 4.69) is 22.8 Å². The molecule has 2 heterocycles. The maximum absolute atomic E-state index is 6.14. The second kappa shape index (κ2) is 4.96. The highest BCUT2D eigenvalue weighted by Gasteiger charge is 2.17. The van der Waals surface area contributed by atoms with Crippen LogP contribution in [0.15, 0.2) is 12.5 Å². The number of hydrogen-bond acceptors (Lipinski definition) is 3. The number of imidazole rings is 2. The van der Waals surface area contributed by atoms with Crippen molar-refractivity contribution in [1.82, 2.24) is 19.1 Å². The molecular formula is C13H17N5. The Kier molecular flexibility index (Phi) is 3.38. The van der Waals surface area contributed by atoms with Crippen LogP contribution in [0.2, 0.25) is 0 Å². The zero-order valence-electron chi connectivity index (χ0n) is 10.7. The number of aromatic nitrogens is 4. The van der Waals surface area contributed by atoms with Crippen molar-refractivity contribution in [2.24, 2.45) is 0 Å². The zero-order valence-corrected chi connectivity index (χ0v) is 10.7. The molecule has 0 saturated carbocycles. The normalized spacial score (nSPS) is 10.5. The number of nitrogens with two attached hydrogens (primary N) is 1. The van der Waals surface area contributed by atoms with E-state index in [4.69, 9.17) is 12.2 Å². The Hall–Kier alpha value is -2.22. The molecule has 2 rings (SSSR count). The molecule has 5 nitrogen and oxygen atoms in total. The van der Waals surface area contributed by atoms with Crippen LogP contribution in [0.4, 0.5) is 5.82 Å². The van der Waals surface area contributed by atoms with Gasteiger partial charge in [-0.15, -0.1) is 6.42 Å². The van der Waals surface area contributed by atoms with Gasteiger partial charge in [-0.05, 0) is 6.92 Å². The summed E-state index contributed by atoms with van der Waals surface area (Å²) in [6.07, 6.45) is 9.72. The van der Waals surface area contributed by atoms with Gasteiger partial charge in [-0.3, -0.25) is 0 Å². The standard InChI is InChI=1S/C13H17N5/c1-4-7-18-11(5-2)16-12(13(18)14)10-8-15-9-17(10)6-3/h1,8-9H,5-7,14H2,2-3H3. The first-order chi connectivity index (χ1) is 8.72. The molecule has 0 spiro atoms. The molecule has 18 heavy (non-hydrogen) atoms. The molecule has 0 saturated heterocycles. The molecule has 2 aromatic rings. The van der Waals surface area contributed by atoms with Crippen LogP contribution in [0.3, 0.4) is 0 Å². The van der Waals surface area contributed by atoms with Crippen molar-refractivity contribution in [3.63, 3.8) is 0 Å². The van der Waals surface area contributed by atoms with Crippen LogP contribution in [0.1, 0.15) is 19.7 Å². The molecule has 0 radical (unpaired) electrons. The molecule has 0 unspecified atom stereocenters. The SMILES string of the molecule is C#CCn1c(CC)nc(-c2cncn2CC)c1N. The minimum atomic E-state index is 0.447. The van der Waals surface area contributed by atoms with Crippen molar-refractivity contribution >= 4 is 5.82 Å². The van der Waals surface area contributed by atoms with E-state index in [0.717, 1.165) is 30.2 Å². The van der Waals surface area contributed by atoms with Gasteiger partial charge in [0.1, 0.15) is 17.3 Å². The Labute approximate surface area is 107 Å². The molecule has 0 aliphatic rings. The lowest BCUT2D eigenvalue weighted by molar-refractivity contribution is 0.766. The number of anilines is 1. The van der Waals surface area contributed by atoms with Gasteiger partial charge in [-0.1, -0.05) is 12.8 Å². The van der Waals surface area contributed by atoms with E-state index >= 15 is 0 Å². The molecule has 94 valence electrons. The van der Waals surface area contributed by atoms with Gasteiger partial charge >= 0.3 is 0 Å². The van der Waals surface area contributed by atoms with Crippen molar-refractivity contribution < 1.29 is 0 Å². The summed E-state index contributed by atoms with van der Waals surface area (Å²) < 4.78 is 3.89. The number of terminal acetylenes is 1. The number of nitrogens with zero attached hydrogens (tertiary/aromatic N) is 4. The van der Waals surface area contributed by atoms with Gasteiger partial charge < -0.3 is 14.9 Å². The van der Waals surface area contributed by atoms with Crippen LogP contribution in [-0.2, 0) is 19.5 Å². The fraction of sp³-hybridized carbons (Fsp3) is 0.385. The van der Waals surface area contributed by atoms with Crippen LogP contribution < -0.4 is 5.73 Å². The minimum absolute atomic E-state index is 0.447. The molecule has 0 atom stereocenters. The number of nitrogen functional groups attached to an aromatic ring is 1. The highest BCUT2D eigenvalue weighted by atomic mass is 15.2. The number of rotatable bonds is 4. The van der Waals surface area contributed by atoms with Crippen LogP contribution >= 0.6 is 0 Å². The van der Waals surface area contributed by atoms with Crippen LogP contribution in [0.25, 0.3) is 11.4 Å². The van der Waals surface area contributed by atoms with Crippen molar-refractivity contribution in [3.8, 4) is 23.7 Å². The molecule has 0 fully saturated rings. The molecule has 0 bridgehead atoms. The summed E-state index contributed by atoms with van der Waals surface area (Å²) in [5.41, 5.74) is 7.84. The Morgan fingerprint density at radius 3 is 2.83 bits per heavy atom. The Balaban J connectivity index is 2.56. The average molecular weight is 243 g/mol. The van der Waals surface area contributed by atoms with Crippen LogP contribution in [0, 0.1) is 12.3 Å². The molecule has 0 amide bonds. The third-order valence-electron chi connectivity index (χ3n) is 2.95. The Morgan fingerprint density at radius 2 is 2.22 bits per heavy atom. The van der Waals surface area contributed by atoms with Gasteiger partial charge in [0.15, 0.2) is 0 Å². The maximum Gasteiger partial charge on any atom is 0.134 e. The van der Waals surface area contributed by atoms with Crippen molar-refractivity contribution in [3.05, 3.63) is 18.3 Å². The predicted octanol–water partition coefficient (Wildman–Crippen LogP) is 1.54. The summed E-state index contributed by atoms with van der Waals surface area (Å²) in [7, 11) is 0. The lowest BCUT2D eigenvalue weighted by Gasteiger charge is -2.05. The predicted molar refractivity (Wildman–Crippen MR) is 71.7 cm³/mol. The highest BCUT2D eigenvalue weighted by molar-refractivity contribution is 5.68. The minimum Gasteiger partial charge on any atom is -0.383 e. The summed E-state index contributed by atoms with van der Waals surface area (Å²) in [4.78, 5) is 8.72. The lowest BCUT2D eigenvalue weighted by atomic mass is 10.3. The van der Waals surface area contributed by atoms with E-state index in [-0.39, 0.29) is 0 Å². The first-order valence-corrected chi connectivity index (χ1v) is 6.01. The zero-order chi connectivity index (χ0) is 13.1. The van der Waals surface area contributed by atoms with E-state index in [1.165, 1.54) is 0 Å². The van der Waals surface area contributed by atoms with E-state index in [1.54, 1.807) is 12.5 Å². The van der Waals surface area contributed by atoms with Gasteiger partial charge in [0.25, 0.3) is 0 Å². The fourth-order valence-electron chi connectivity index (χ4n) is 2.01. The van der Waals surface area contributed by atoms with E-state index in [0.29, 0.717) is 12.4 Å². The molecule has 0 aromatic carbocycles. The van der Waals surface area contributed by atoms with Gasteiger partial charge in [-0.2, -0.15) is 0 Å². The Bertz CT molecular complexity index is 585. The smallest absolute Gasteiger partial charge is 0.134 e. The molecule has 5 heteroatoms. The third-order valence-corrected chi connectivity index (χ3v) is 2.95. The lowest BCUT2D eigenvalue weighted by Crippen LogP contribution is -2.05. The summed E-state index contributed by atoms with van der Waals surface area (Å²) >= 11 is 0.